The van der Waals surface area contributed by atoms with Crippen LogP contribution < -0.4 is 5.32 Å². The summed E-state index contributed by atoms with van der Waals surface area (Å²) in [7, 11) is 0. The SMILES string of the molecule is Cc1ccc(NC(=O)c2nnc3ccccc3c2O)nc1. The van der Waals surface area contributed by atoms with E-state index in [4.69, 9.17) is 0 Å². The molecule has 3 aromatic rings. The zero-order chi connectivity index (χ0) is 14.8. The summed E-state index contributed by atoms with van der Waals surface area (Å²) in [5.41, 5.74) is 1.39. The van der Waals surface area contributed by atoms with E-state index in [0.717, 1.165) is 5.56 Å². The fourth-order valence-corrected chi connectivity index (χ4v) is 1.91. The van der Waals surface area contributed by atoms with Crippen LogP contribution in [0.2, 0.25) is 0 Å². The highest BCUT2D eigenvalue weighted by Crippen LogP contribution is 2.25. The molecule has 6 heteroatoms. The van der Waals surface area contributed by atoms with Crippen LogP contribution in [-0.4, -0.2) is 26.2 Å². The maximum absolute atomic E-state index is 12.1. The third-order valence-electron chi connectivity index (χ3n) is 3.01. The lowest BCUT2D eigenvalue weighted by atomic mass is 10.2. The Hall–Kier alpha value is -3.02. The fourth-order valence-electron chi connectivity index (χ4n) is 1.91. The molecule has 0 aliphatic heterocycles. The van der Waals surface area contributed by atoms with Crippen molar-refractivity contribution in [1.82, 2.24) is 15.2 Å². The van der Waals surface area contributed by atoms with E-state index in [9.17, 15) is 9.90 Å². The van der Waals surface area contributed by atoms with Crippen LogP contribution in [0.5, 0.6) is 5.75 Å². The van der Waals surface area contributed by atoms with Gasteiger partial charge in [-0.05, 0) is 30.7 Å². The number of nitrogens with zero attached hydrogens (tertiary/aromatic N) is 3. The molecule has 0 unspecified atom stereocenters. The molecule has 0 aliphatic rings. The first-order chi connectivity index (χ1) is 10.1. The minimum absolute atomic E-state index is 0.129. The van der Waals surface area contributed by atoms with Crippen LogP contribution in [0.3, 0.4) is 0 Å². The number of carbonyl (C=O) groups is 1. The van der Waals surface area contributed by atoms with E-state index in [0.29, 0.717) is 16.7 Å². The standard InChI is InChI=1S/C15H12N4O2/c1-9-6-7-12(16-8-9)17-15(21)13-14(20)10-4-2-3-5-11(10)18-19-13/h2-8H,1H3,(H,18,20)(H,16,17,21). The molecule has 2 aromatic heterocycles. The van der Waals surface area contributed by atoms with E-state index < -0.39 is 5.91 Å². The lowest BCUT2D eigenvalue weighted by Gasteiger charge is -2.06. The van der Waals surface area contributed by atoms with Crippen molar-refractivity contribution in [3.05, 3.63) is 53.9 Å². The minimum Gasteiger partial charge on any atom is -0.505 e. The number of fused-ring (bicyclic) bond motifs is 1. The molecule has 0 spiro atoms. The van der Waals surface area contributed by atoms with Gasteiger partial charge in [0.05, 0.1) is 5.52 Å². The average Bonchev–Trinajstić information content (AvgIpc) is 2.50. The summed E-state index contributed by atoms with van der Waals surface area (Å²) >= 11 is 0. The van der Waals surface area contributed by atoms with Gasteiger partial charge >= 0.3 is 0 Å². The number of amides is 1. The predicted molar refractivity (Wildman–Crippen MR) is 78.1 cm³/mol. The summed E-state index contributed by atoms with van der Waals surface area (Å²) < 4.78 is 0. The van der Waals surface area contributed by atoms with Gasteiger partial charge in [-0.15, -0.1) is 10.2 Å². The monoisotopic (exact) mass is 280 g/mol. The number of benzene rings is 1. The molecule has 1 amide bonds. The Kier molecular flexibility index (Phi) is 3.19. The van der Waals surface area contributed by atoms with Gasteiger partial charge in [0.2, 0.25) is 0 Å². The van der Waals surface area contributed by atoms with Crippen LogP contribution in [0.4, 0.5) is 5.82 Å². The summed E-state index contributed by atoms with van der Waals surface area (Å²) in [4.78, 5) is 16.2. The zero-order valence-electron chi connectivity index (χ0n) is 11.2. The number of nitrogens with one attached hydrogen (secondary N) is 1. The first kappa shape index (κ1) is 13.0. The van der Waals surface area contributed by atoms with E-state index in [1.54, 1.807) is 36.5 Å². The Balaban J connectivity index is 1.94. The summed E-state index contributed by atoms with van der Waals surface area (Å²) in [5, 5.41) is 20.9. The van der Waals surface area contributed by atoms with Gasteiger partial charge in [-0.2, -0.15) is 0 Å². The van der Waals surface area contributed by atoms with E-state index in [1.165, 1.54) is 0 Å². The summed E-state index contributed by atoms with van der Waals surface area (Å²) in [5.74, 6) is -0.354. The highest BCUT2D eigenvalue weighted by atomic mass is 16.3. The second kappa shape index (κ2) is 5.16. The Labute approximate surface area is 120 Å². The van der Waals surface area contributed by atoms with Crippen molar-refractivity contribution in [2.24, 2.45) is 0 Å². The van der Waals surface area contributed by atoms with Gasteiger partial charge < -0.3 is 10.4 Å². The van der Waals surface area contributed by atoms with Crippen LogP contribution in [-0.2, 0) is 0 Å². The van der Waals surface area contributed by atoms with Crippen molar-refractivity contribution in [1.29, 1.82) is 0 Å². The molecule has 21 heavy (non-hydrogen) atoms. The molecular formula is C15H12N4O2. The molecule has 2 heterocycles. The largest absolute Gasteiger partial charge is 0.505 e. The molecule has 2 N–H and O–H groups in total. The van der Waals surface area contributed by atoms with Gasteiger partial charge in [0.1, 0.15) is 5.82 Å². The van der Waals surface area contributed by atoms with E-state index in [2.05, 4.69) is 20.5 Å². The zero-order valence-corrected chi connectivity index (χ0v) is 11.2. The lowest BCUT2D eigenvalue weighted by Crippen LogP contribution is -2.15. The molecule has 0 atom stereocenters. The van der Waals surface area contributed by atoms with Crippen molar-refractivity contribution in [3.8, 4) is 5.75 Å². The highest BCUT2D eigenvalue weighted by molar-refractivity contribution is 6.07. The maximum Gasteiger partial charge on any atom is 0.281 e. The maximum atomic E-state index is 12.1. The Morgan fingerprint density at radius 3 is 2.71 bits per heavy atom. The number of hydrogen-bond acceptors (Lipinski definition) is 5. The number of pyridine rings is 1. The average molecular weight is 280 g/mol. The molecule has 1 aromatic carbocycles. The summed E-state index contributed by atoms with van der Waals surface area (Å²) in [6, 6.07) is 10.4. The predicted octanol–water partition coefficient (Wildman–Crippen LogP) is 2.29. The van der Waals surface area contributed by atoms with Crippen molar-refractivity contribution in [2.75, 3.05) is 5.32 Å². The molecule has 0 aliphatic carbocycles. The normalized spacial score (nSPS) is 10.5. The topological polar surface area (TPSA) is 88.0 Å². The third-order valence-corrected chi connectivity index (χ3v) is 3.01. The Morgan fingerprint density at radius 2 is 1.95 bits per heavy atom. The van der Waals surface area contributed by atoms with Gasteiger partial charge in [-0.1, -0.05) is 18.2 Å². The molecule has 3 rings (SSSR count). The second-order valence-electron chi connectivity index (χ2n) is 4.59. The van der Waals surface area contributed by atoms with Crippen LogP contribution in [0.25, 0.3) is 10.9 Å². The smallest absolute Gasteiger partial charge is 0.281 e. The lowest BCUT2D eigenvalue weighted by molar-refractivity contribution is 0.101. The van der Waals surface area contributed by atoms with E-state index >= 15 is 0 Å². The van der Waals surface area contributed by atoms with Crippen LogP contribution >= 0.6 is 0 Å². The number of aromatic hydroxyl groups is 1. The molecule has 0 saturated carbocycles. The van der Waals surface area contributed by atoms with Gasteiger partial charge in [-0.25, -0.2) is 4.98 Å². The van der Waals surface area contributed by atoms with Gasteiger partial charge in [-0.3, -0.25) is 4.79 Å². The van der Waals surface area contributed by atoms with Crippen molar-refractivity contribution in [2.45, 2.75) is 6.92 Å². The molecule has 0 saturated heterocycles. The minimum atomic E-state index is -0.554. The van der Waals surface area contributed by atoms with Gasteiger partial charge in [0.15, 0.2) is 11.4 Å². The molecular weight excluding hydrogens is 268 g/mol. The first-order valence-corrected chi connectivity index (χ1v) is 6.33. The number of hydrogen-bond donors (Lipinski definition) is 2. The number of aromatic nitrogens is 3. The van der Waals surface area contributed by atoms with Crippen molar-refractivity contribution in [3.63, 3.8) is 0 Å². The van der Waals surface area contributed by atoms with E-state index in [1.807, 2.05) is 13.0 Å². The van der Waals surface area contributed by atoms with Crippen molar-refractivity contribution >= 4 is 22.6 Å². The number of rotatable bonds is 2. The molecule has 0 bridgehead atoms. The van der Waals surface area contributed by atoms with Crippen molar-refractivity contribution < 1.29 is 9.90 Å². The van der Waals surface area contributed by atoms with Crippen LogP contribution in [0, 0.1) is 6.92 Å². The quantitative estimate of drug-likeness (QED) is 0.752. The van der Waals surface area contributed by atoms with Gasteiger partial charge in [0, 0.05) is 11.6 Å². The van der Waals surface area contributed by atoms with E-state index in [-0.39, 0.29) is 11.4 Å². The Morgan fingerprint density at radius 1 is 1.14 bits per heavy atom. The first-order valence-electron chi connectivity index (χ1n) is 6.33. The summed E-state index contributed by atoms with van der Waals surface area (Å²) in [6.45, 7) is 1.90. The highest BCUT2D eigenvalue weighted by Gasteiger charge is 2.17. The number of carbonyl (C=O) groups excluding carboxylic acids is 1. The summed E-state index contributed by atoms with van der Waals surface area (Å²) in [6.07, 6.45) is 1.64. The molecule has 0 fully saturated rings. The molecule has 104 valence electrons. The molecule has 6 nitrogen and oxygen atoms in total. The third kappa shape index (κ3) is 2.51. The second-order valence-corrected chi connectivity index (χ2v) is 4.59. The molecule has 0 radical (unpaired) electrons. The van der Waals surface area contributed by atoms with Crippen LogP contribution in [0.1, 0.15) is 16.1 Å². The Bertz CT molecular complexity index is 816. The number of aryl methyl sites for hydroxylation is 1. The van der Waals surface area contributed by atoms with Gasteiger partial charge in [0.25, 0.3) is 5.91 Å². The fraction of sp³-hybridized carbons (Fsp3) is 0.0667. The van der Waals surface area contributed by atoms with Crippen LogP contribution in [0.15, 0.2) is 42.6 Å². The number of anilines is 1.